The third kappa shape index (κ3) is 5.86. The predicted molar refractivity (Wildman–Crippen MR) is 74.0 cm³/mol. The van der Waals surface area contributed by atoms with E-state index in [0.29, 0.717) is 17.5 Å². The first-order chi connectivity index (χ1) is 8.11. The van der Waals surface area contributed by atoms with Gasteiger partial charge in [-0.05, 0) is 19.3 Å². The molecule has 1 fully saturated rings. The third-order valence-electron chi connectivity index (χ3n) is 3.22. The van der Waals surface area contributed by atoms with Gasteiger partial charge in [0.15, 0.2) is 0 Å². The van der Waals surface area contributed by atoms with Gasteiger partial charge in [0.1, 0.15) is 0 Å². The van der Waals surface area contributed by atoms with Crippen molar-refractivity contribution in [1.29, 1.82) is 0 Å². The summed E-state index contributed by atoms with van der Waals surface area (Å²) in [6, 6.07) is 0.308. The molecule has 17 heavy (non-hydrogen) atoms. The van der Waals surface area contributed by atoms with Crippen molar-refractivity contribution in [2.24, 2.45) is 5.73 Å². The van der Waals surface area contributed by atoms with Crippen LogP contribution < -0.4 is 16.4 Å². The SMILES string of the molecule is CCC(CC(N)=S)NC(=O)NC1CCCCC1. The molecule has 0 spiro atoms. The Bertz CT molecular complexity index is 264. The van der Waals surface area contributed by atoms with Crippen LogP contribution >= 0.6 is 12.2 Å². The van der Waals surface area contributed by atoms with E-state index in [-0.39, 0.29) is 12.1 Å². The Morgan fingerprint density at radius 3 is 2.59 bits per heavy atom. The minimum atomic E-state index is -0.0833. The number of carbonyl (C=O) groups excluding carboxylic acids is 1. The zero-order valence-electron chi connectivity index (χ0n) is 10.5. The number of hydrogen-bond donors (Lipinski definition) is 3. The molecule has 1 atom stereocenters. The highest BCUT2D eigenvalue weighted by molar-refractivity contribution is 7.80. The van der Waals surface area contributed by atoms with Crippen LogP contribution in [0.2, 0.25) is 0 Å². The highest BCUT2D eigenvalue weighted by Crippen LogP contribution is 2.17. The zero-order chi connectivity index (χ0) is 12.7. The summed E-state index contributed by atoms with van der Waals surface area (Å²) in [6.45, 7) is 2.02. The monoisotopic (exact) mass is 257 g/mol. The number of nitrogens with one attached hydrogen (secondary N) is 2. The molecule has 0 heterocycles. The van der Waals surface area contributed by atoms with Crippen LogP contribution in [0.5, 0.6) is 0 Å². The lowest BCUT2D eigenvalue weighted by Gasteiger charge is -2.24. The summed E-state index contributed by atoms with van der Waals surface area (Å²) in [7, 11) is 0. The van der Waals surface area contributed by atoms with E-state index in [1.807, 2.05) is 6.92 Å². The highest BCUT2D eigenvalue weighted by atomic mass is 32.1. The van der Waals surface area contributed by atoms with Gasteiger partial charge < -0.3 is 16.4 Å². The van der Waals surface area contributed by atoms with Crippen molar-refractivity contribution in [1.82, 2.24) is 10.6 Å². The molecule has 4 nitrogen and oxygen atoms in total. The molecule has 4 N–H and O–H groups in total. The first-order valence-corrected chi connectivity index (χ1v) is 6.88. The first-order valence-electron chi connectivity index (χ1n) is 6.47. The lowest BCUT2D eigenvalue weighted by molar-refractivity contribution is 0.228. The molecule has 0 bridgehead atoms. The summed E-state index contributed by atoms with van der Waals surface area (Å²) < 4.78 is 0. The van der Waals surface area contributed by atoms with Crippen LogP contribution in [-0.2, 0) is 0 Å². The minimum absolute atomic E-state index is 0.0519. The van der Waals surface area contributed by atoms with Gasteiger partial charge >= 0.3 is 6.03 Å². The van der Waals surface area contributed by atoms with E-state index in [2.05, 4.69) is 10.6 Å². The Kier molecular flexibility index (Phi) is 6.26. The topological polar surface area (TPSA) is 67.1 Å². The summed E-state index contributed by atoms with van der Waals surface area (Å²) in [4.78, 5) is 12.2. The van der Waals surface area contributed by atoms with Gasteiger partial charge in [-0.25, -0.2) is 4.79 Å². The van der Waals surface area contributed by atoms with Crippen molar-refractivity contribution in [2.45, 2.75) is 64.0 Å². The van der Waals surface area contributed by atoms with Crippen molar-refractivity contribution >= 4 is 23.2 Å². The Morgan fingerprint density at radius 1 is 1.41 bits per heavy atom. The summed E-state index contributed by atoms with van der Waals surface area (Å²) in [5.74, 6) is 0. The van der Waals surface area contributed by atoms with Crippen LogP contribution in [0.25, 0.3) is 0 Å². The molecule has 0 aromatic heterocycles. The van der Waals surface area contributed by atoms with Gasteiger partial charge in [0, 0.05) is 18.5 Å². The van der Waals surface area contributed by atoms with Gasteiger partial charge in [-0.15, -0.1) is 0 Å². The Morgan fingerprint density at radius 2 is 2.06 bits per heavy atom. The normalized spacial score (nSPS) is 18.4. The van der Waals surface area contributed by atoms with Gasteiger partial charge in [0.05, 0.1) is 4.99 Å². The molecule has 0 aromatic carbocycles. The number of carbonyl (C=O) groups is 1. The number of amides is 2. The molecule has 5 heteroatoms. The van der Waals surface area contributed by atoms with E-state index in [4.69, 9.17) is 18.0 Å². The summed E-state index contributed by atoms with van der Waals surface area (Å²) in [6.07, 6.45) is 7.33. The minimum Gasteiger partial charge on any atom is -0.393 e. The van der Waals surface area contributed by atoms with E-state index in [1.165, 1.54) is 19.3 Å². The van der Waals surface area contributed by atoms with E-state index in [9.17, 15) is 4.79 Å². The van der Waals surface area contributed by atoms with Gasteiger partial charge in [0.25, 0.3) is 0 Å². The van der Waals surface area contributed by atoms with Crippen molar-refractivity contribution < 1.29 is 4.79 Å². The zero-order valence-corrected chi connectivity index (χ0v) is 11.3. The number of urea groups is 1. The maximum Gasteiger partial charge on any atom is 0.315 e. The number of thiocarbonyl (C=S) groups is 1. The second-order valence-corrected chi connectivity index (χ2v) is 5.25. The van der Waals surface area contributed by atoms with Crippen molar-refractivity contribution in [3.8, 4) is 0 Å². The lowest BCUT2D eigenvalue weighted by Crippen LogP contribution is -2.47. The standard InChI is InChI=1S/C12H23N3OS/c1-2-9(8-11(13)17)14-12(16)15-10-6-4-3-5-7-10/h9-10H,2-8H2,1H3,(H2,13,17)(H2,14,15,16). The molecular formula is C12H23N3OS. The average molecular weight is 257 g/mol. The summed E-state index contributed by atoms with van der Waals surface area (Å²) in [5.41, 5.74) is 5.49. The van der Waals surface area contributed by atoms with Gasteiger partial charge in [-0.1, -0.05) is 38.4 Å². The fourth-order valence-corrected chi connectivity index (χ4v) is 2.40. The predicted octanol–water partition coefficient (Wildman–Crippen LogP) is 2.07. The molecule has 1 aliphatic rings. The Hall–Kier alpha value is -0.840. The second-order valence-electron chi connectivity index (χ2n) is 4.73. The van der Waals surface area contributed by atoms with E-state index in [0.717, 1.165) is 19.3 Å². The quantitative estimate of drug-likeness (QED) is 0.661. The van der Waals surface area contributed by atoms with Crippen molar-refractivity contribution in [3.05, 3.63) is 0 Å². The molecule has 0 saturated heterocycles. The van der Waals surface area contributed by atoms with E-state index in [1.54, 1.807) is 0 Å². The molecule has 0 aliphatic heterocycles. The van der Waals surface area contributed by atoms with Gasteiger partial charge in [-0.2, -0.15) is 0 Å². The molecule has 1 unspecified atom stereocenters. The molecule has 2 amide bonds. The van der Waals surface area contributed by atoms with Crippen LogP contribution in [-0.4, -0.2) is 23.1 Å². The molecule has 1 saturated carbocycles. The Balaban J connectivity index is 2.28. The highest BCUT2D eigenvalue weighted by Gasteiger charge is 2.17. The van der Waals surface area contributed by atoms with E-state index >= 15 is 0 Å². The maximum absolute atomic E-state index is 11.8. The van der Waals surface area contributed by atoms with Crippen LogP contribution in [0.1, 0.15) is 51.9 Å². The van der Waals surface area contributed by atoms with Crippen LogP contribution in [0.15, 0.2) is 0 Å². The smallest absolute Gasteiger partial charge is 0.315 e. The van der Waals surface area contributed by atoms with Crippen LogP contribution in [0.3, 0.4) is 0 Å². The number of hydrogen-bond acceptors (Lipinski definition) is 2. The Labute approximate surface area is 109 Å². The van der Waals surface area contributed by atoms with E-state index < -0.39 is 0 Å². The molecular weight excluding hydrogens is 234 g/mol. The largest absolute Gasteiger partial charge is 0.393 e. The average Bonchev–Trinajstić information content (AvgIpc) is 2.28. The molecule has 98 valence electrons. The first kappa shape index (κ1) is 14.2. The fraction of sp³-hybridized carbons (Fsp3) is 0.833. The van der Waals surface area contributed by atoms with Gasteiger partial charge in [0.2, 0.25) is 0 Å². The third-order valence-corrected chi connectivity index (χ3v) is 3.38. The molecule has 0 aromatic rings. The number of nitrogens with two attached hydrogens (primary N) is 1. The van der Waals surface area contributed by atoms with Gasteiger partial charge in [-0.3, -0.25) is 0 Å². The lowest BCUT2D eigenvalue weighted by atomic mass is 9.96. The van der Waals surface area contributed by atoms with Crippen LogP contribution in [0, 0.1) is 0 Å². The second kappa shape index (κ2) is 7.48. The maximum atomic E-state index is 11.8. The molecule has 1 aliphatic carbocycles. The van der Waals surface area contributed by atoms with Crippen molar-refractivity contribution in [2.75, 3.05) is 0 Å². The van der Waals surface area contributed by atoms with Crippen LogP contribution in [0.4, 0.5) is 4.79 Å². The summed E-state index contributed by atoms with van der Waals surface area (Å²) >= 11 is 4.86. The summed E-state index contributed by atoms with van der Waals surface area (Å²) in [5, 5.41) is 5.95. The molecule has 0 radical (unpaired) electrons. The molecule has 1 rings (SSSR count). The van der Waals surface area contributed by atoms with Crippen molar-refractivity contribution in [3.63, 3.8) is 0 Å². The number of rotatable bonds is 5. The fourth-order valence-electron chi connectivity index (χ4n) is 2.20.